The van der Waals surface area contributed by atoms with Crippen LogP contribution in [0.5, 0.6) is 0 Å². The van der Waals surface area contributed by atoms with Gasteiger partial charge in [-0.15, -0.1) is 0 Å². The summed E-state index contributed by atoms with van der Waals surface area (Å²) in [6.07, 6.45) is 7.25. The fourth-order valence-corrected chi connectivity index (χ4v) is 3.34. The van der Waals surface area contributed by atoms with Crippen molar-refractivity contribution >= 4 is 22.8 Å². The quantitative estimate of drug-likeness (QED) is 0.529. The Morgan fingerprint density at radius 1 is 1.24 bits per heavy atom. The highest BCUT2D eigenvalue weighted by Gasteiger charge is 2.30. The van der Waals surface area contributed by atoms with Gasteiger partial charge in [-0.25, -0.2) is 19.3 Å². The Hall–Kier alpha value is -2.35. The SMILES string of the molecule is CSc1ncc2c(=O)n(C3CC3)n(-c3ccc(=O)n(C(C)C)c3)c2n1. The molecule has 130 valence electrons. The van der Waals surface area contributed by atoms with E-state index < -0.39 is 0 Å². The van der Waals surface area contributed by atoms with Gasteiger partial charge >= 0.3 is 0 Å². The first-order chi connectivity index (χ1) is 12.0. The van der Waals surface area contributed by atoms with Crippen LogP contribution >= 0.6 is 11.8 Å². The molecule has 0 bridgehead atoms. The summed E-state index contributed by atoms with van der Waals surface area (Å²) in [6.45, 7) is 3.92. The molecule has 3 heterocycles. The first-order valence-corrected chi connectivity index (χ1v) is 9.50. The van der Waals surface area contributed by atoms with Crippen LogP contribution in [0.15, 0.2) is 39.3 Å². The predicted octanol–water partition coefficient (Wildman–Crippen LogP) is 2.38. The standard InChI is InChI=1S/C17H19N5O2S/c1-10(2)20-9-12(6-7-14(20)23)21-15-13(8-18-17(19-15)25-3)16(24)22(21)11-4-5-11/h6-11H,4-5H2,1-3H3. The maximum absolute atomic E-state index is 12.9. The molecule has 8 heteroatoms. The van der Waals surface area contributed by atoms with E-state index in [1.54, 1.807) is 33.8 Å². The number of hydrogen-bond donors (Lipinski definition) is 0. The number of pyridine rings is 1. The van der Waals surface area contributed by atoms with E-state index in [9.17, 15) is 9.59 Å². The van der Waals surface area contributed by atoms with Gasteiger partial charge in [0.25, 0.3) is 11.1 Å². The molecule has 4 rings (SSSR count). The largest absolute Gasteiger partial charge is 0.311 e. The van der Waals surface area contributed by atoms with Crippen molar-refractivity contribution < 1.29 is 0 Å². The molecule has 1 fully saturated rings. The Morgan fingerprint density at radius 3 is 2.64 bits per heavy atom. The fourth-order valence-electron chi connectivity index (χ4n) is 3.00. The summed E-state index contributed by atoms with van der Waals surface area (Å²) < 4.78 is 5.27. The molecule has 1 aliphatic carbocycles. The maximum atomic E-state index is 12.9. The second kappa shape index (κ2) is 5.87. The summed E-state index contributed by atoms with van der Waals surface area (Å²) in [5.41, 5.74) is 1.21. The molecule has 0 saturated heterocycles. The van der Waals surface area contributed by atoms with Crippen LogP contribution in [0, 0.1) is 0 Å². The summed E-state index contributed by atoms with van der Waals surface area (Å²) >= 11 is 1.44. The highest BCUT2D eigenvalue weighted by Crippen LogP contribution is 2.35. The van der Waals surface area contributed by atoms with Gasteiger partial charge in [0.2, 0.25) is 0 Å². The number of aromatic nitrogens is 5. The zero-order valence-corrected chi connectivity index (χ0v) is 15.2. The van der Waals surface area contributed by atoms with Crippen LogP contribution in [0.4, 0.5) is 0 Å². The molecule has 0 spiro atoms. The average Bonchev–Trinajstić information content (AvgIpc) is 3.40. The second-order valence-corrected chi connectivity index (χ2v) is 7.29. The first-order valence-electron chi connectivity index (χ1n) is 8.28. The molecule has 1 aliphatic rings. The van der Waals surface area contributed by atoms with E-state index >= 15 is 0 Å². The summed E-state index contributed by atoms with van der Waals surface area (Å²) in [7, 11) is 0. The van der Waals surface area contributed by atoms with E-state index in [0.29, 0.717) is 16.2 Å². The Kier molecular flexibility index (Phi) is 3.79. The predicted molar refractivity (Wildman–Crippen MR) is 97.8 cm³/mol. The molecule has 0 N–H and O–H groups in total. The highest BCUT2D eigenvalue weighted by molar-refractivity contribution is 7.98. The topological polar surface area (TPSA) is 74.7 Å². The highest BCUT2D eigenvalue weighted by atomic mass is 32.2. The molecule has 0 aromatic carbocycles. The van der Waals surface area contributed by atoms with Crippen molar-refractivity contribution in [3.05, 3.63) is 45.2 Å². The third-order valence-electron chi connectivity index (χ3n) is 4.40. The molecule has 7 nitrogen and oxygen atoms in total. The molecule has 1 saturated carbocycles. The third-order valence-corrected chi connectivity index (χ3v) is 4.96. The van der Waals surface area contributed by atoms with Crippen molar-refractivity contribution in [2.45, 2.75) is 43.9 Å². The molecular formula is C17H19N5O2S. The Labute approximate surface area is 148 Å². The molecule has 0 aliphatic heterocycles. The maximum Gasteiger partial charge on any atom is 0.278 e. The van der Waals surface area contributed by atoms with Crippen LogP contribution in [0.3, 0.4) is 0 Å². The molecular weight excluding hydrogens is 338 g/mol. The number of thioether (sulfide) groups is 1. The van der Waals surface area contributed by atoms with E-state index in [2.05, 4.69) is 9.97 Å². The molecule has 0 amide bonds. The van der Waals surface area contributed by atoms with Gasteiger partial charge in [-0.2, -0.15) is 0 Å². The zero-order valence-electron chi connectivity index (χ0n) is 14.3. The zero-order chi connectivity index (χ0) is 17.7. The van der Waals surface area contributed by atoms with Gasteiger partial charge in [0.05, 0.1) is 11.7 Å². The monoisotopic (exact) mass is 357 g/mol. The molecule has 0 atom stereocenters. The number of rotatable bonds is 4. The molecule has 0 unspecified atom stereocenters. The third kappa shape index (κ3) is 2.60. The smallest absolute Gasteiger partial charge is 0.278 e. The van der Waals surface area contributed by atoms with Crippen molar-refractivity contribution in [3.63, 3.8) is 0 Å². The number of hydrogen-bond acceptors (Lipinski definition) is 5. The van der Waals surface area contributed by atoms with E-state index in [1.165, 1.54) is 11.8 Å². The lowest BCUT2D eigenvalue weighted by Gasteiger charge is -2.15. The van der Waals surface area contributed by atoms with Gasteiger partial charge in [-0.05, 0) is 39.0 Å². The van der Waals surface area contributed by atoms with Gasteiger partial charge in [0.15, 0.2) is 10.8 Å². The summed E-state index contributed by atoms with van der Waals surface area (Å²) in [4.78, 5) is 33.8. The van der Waals surface area contributed by atoms with Crippen molar-refractivity contribution in [1.82, 2.24) is 23.9 Å². The van der Waals surface area contributed by atoms with Crippen molar-refractivity contribution in [2.24, 2.45) is 0 Å². The van der Waals surface area contributed by atoms with E-state index in [1.807, 2.05) is 24.8 Å². The minimum atomic E-state index is -0.0764. The lowest BCUT2D eigenvalue weighted by molar-refractivity contribution is 0.542. The van der Waals surface area contributed by atoms with E-state index in [-0.39, 0.29) is 23.2 Å². The van der Waals surface area contributed by atoms with Crippen molar-refractivity contribution in [3.8, 4) is 5.69 Å². The number of nitrogens with zero attached hydrogens (tertiary/aromatic N) is 5. The fraction of sp³-hybridized carbons (Fsp3) is 0.412. The second-order valence-electron chi connectivity index (χ2n) is 6.51. The van der Waals surface area contributed by atoms with Gasteiger partial charge < -0.3 is 4.57 Å². The molecule has 3 aromatic rings. The van der Waals surface area contributed by atoms with E-state index in [0.717, 1.165) is 18.5 Å². The van der Waals surface area contributed by atoms with Gasteiger partial charge in [0, 0.05) is 24.5 Å². The van der Waals surface area contributed by atoms with Crippen LogP contribution < -0.4 is 11.1 Å². The number of fused-ring (bicyclic) bond motifs is 1. The summed E-state index contributed by atoms with van der Waals surface area (Å²) in [6, 6.07) is 3.50. The van der Waals surface area contributed by atoms with Crippen LogP contribution in [-0.2, 0) is 0 Å². The normalized spacial score (nSPS) is 14.6. The Bertz CT molecular complexity index is 1070. The first kappa shape index (κ1) is 16.1. The van der Waals surface area contributed by atoms with Crippen LogP contribution in [0.25, 0.3) is 16.7 Å². The van der Waals surface area contributed by atoms with Crippen molar-refractivity contribution in [1.29, 1.82) is 0 Å². The minimum Gasteiger partial charge on any atom is -0.311 e. The lowest BCUT2D eigenvalue weighted by atomic mass is 10.3. The Balaban J connectivity index is 2.06. The van der Waals surface area contributed by atoms with Gasteiger partial charge in [0.1, 0.15) is 5.39 Å². The Morgan fingerprint density at radius 2 is 2.00 bits per heavy atom. The molecule has 0 radical (unpaired) electrons. The summed E-state index contributed by atoms with van der Waals surface area (Å²) in [5, 5.41) is 1.12. The van der Waals surface area contributed by atoms with Gasteiger partial charge in [-0.3, -0.25) is 9.59 Å². The minimum absolute atomic E-state index is 0.0340. The average molecular weight is 357 g/mol. The van der Waals surface area contributed by atoms with Crippen LogP contribution in [0.1, 0.15) is 38.8 Å². The summed E-state index contributed by atoms with van der Waals surface area (Å²) in [5.74, 6) is 0. The van der Waals surface area contributed by atoms with Gasteiger partial charge in [-0.1, -0.05) is 11.8 Å². The molecule has 3 aromatic heterocycles. The van der Waals surface area contributed by atoms with Crippen LogP contribution in [-0.4, -0.2) is 30.2 Å². The lowest BCUT2D eigenvalue weighted by Crippen LogP contribution is -2.24. The molecule has 25 heavy (non-hydrogen) atoms. The van der Waals surface area contributed by atoms with Crippen LogP contribution in [0.2, 0.25) is 0 Å². The van der Waals surface area contributed by atoms with E-state index in [4.69, 9.17) is 0 Å². The van der Waals surface area contributed by atoms with Crippen molar-refractivity contribution in [2.75, 3.05) is 6.26 Å².